The van der Waals surface area contributed by atoms with Gasteiger partial charge in [-0.3, -0.25) is 24.6 Å². The van der Waals surface area contributed by atoms with Crippen molar-refractivity contribution < 1.29 is 23.9 Å². The summed E-state index contributed by atoms with van der Waals surface area (Å²) >= 11 is 20.7. The van der Waals surface area contributed by atoms with Gasteiger partial charge in [0.15, 0.2) is 11.7 Å². The number of hydrogen-bond acceptors (Lipinski definition) is 6. The van der Waals surface area contributed by atoms with Gasteiger partial charge in [0.2, 0.25) is 0 Å². The van der Waals surface area contributed by atoms with Gasteiger partial charge >= 0.3 is 0 Å². The predicted molar refractivity (Wildman–Crippen MR) is 140 cm³/mol. The van der Waals surface area contributed by atoms with Crippen molar-refractivity contribution in [2.45, 2.75) is 0 Å². The maximum absolute atomic E-state index is 13.2. The van der Waals surface area contributed by atoms with Crippen LogP contribution in [0.5, 0.6) is 5.75 Å². The number of halogens is 3. The topological polar surface area (TPSA) is 88.2 Å². The molecule has 3 amide bonds. The molecule has 0 aromatic heterocycles. The quantitative estimate of drug-likeness (QED) is 0.320. The van der Waals surface area contributed by atoms with Gasteiger partial charge in [-0.25, -0.2) is 0 Å². The lowest BCUT2D eigenvalue weighted by Gasteiger charge is -2.29. The highest BCUT2D eigenvalue weighted by atomic mass is 79.9. The van der Waals surface area contributed by atoms with E-state index in [-0.39, 0.29) is 28.2 Å². The SMILES string of the molecule is O=C1NC(=S)N(c2ccc(Cl)c(Cl)c2)C(=O)/C1=C/c1ccc(OCC(=O)N2CCOCC2)c(Br)c1. The molecule has 0 radical (unpaired) electrons. The Bertz CT molecular complexity index is 1250. The van der Waals surface area contributed by atoms with Gasteiger partial charge < -0.3 is 14.4 Å². The first kappa shape index (κ1) is 25.6. The Hall–Kier alpha value is -2.50. The van der Waals surface area contributed by atoms with Crippen molar-refractivity contribution in [1.82, 2.24) is 10.2 Å². The van der Waals surface area contributed by atoms with Gasteiger partial charge in [0.05, 0.1) is 33.4 Å². The number of carbonyl (C=O) groups excluding carboxylic acids is 3. The molecule has 2 aromatic carbocycles. The van der Waals surface area contributed by atoms with Crippen LogP contribution in [0, 0.1) is 0 Å². The molecule has 0 bridgehead atoms. The first-order valence-electron chi connectivity index (χ1n) is 10.4. The van der Waals surface area contributed by atoms with E-state index in [9.17, 15) is 14.4 Å². The van der Waals surface area contributed by atoms with E-state index < -0.39 is 11.8 Å². The van der Waals surface area contributed by atoms with Crippen molar-refractivity contribution in [3.63, 3.8) is 0 Å². The summed E-state index contributed by atoms with van der Waals surface area (Å²) in [6.07, 6.45) is 1.44. The molecule has 2 heterocycles. The smallest absolute Gasteiger partial charge is 0.270 e. The summed E-state index contributed by atoms with van der Waals surface area (Å²) < 4.78 is 11.5. The number of nitrogens with one attached hydrogen (secondary N) is 1. The van der Waals surface area contributed by atoms with E-state index in [2.05, 4.69) is 21.2 Å². The molecule has 182 valence electrons. The van der Waals surface area contributed by atoms with Crippen molar-refractivity contribution >= 4 is 85.9 Å². The van der Waals surface area contributed by atoms with Crippen LogP contribution < -0.4 is 15.0 Å². The summed E-state index contributed by atoms with van der Waals surface area (Å²) in [6, 6.07) is 9.60. The summed E-state index contributed by atoms with van der Waals surface area (Å²) in [5, 5.41) is 3.02. The van der Waals surface area contributed by atoms with E-state index in [0.29, 0.717) is 52.8 Å². The minimum Gasteiger partial charge on any atom is -0.483 e. The summed E-state index contributed by atoms with van der Waals surface area (Å²) in [5.74, 6) is -0.908. The van der Waals surface area contributed by atoms with Crippen LogP contribution in [0.2, 0.25) is 10.0 Å². The molecule has 2 aliphatic rings. The second-order valence-electron chi connectivity index (χ2n) is 7.53. The Balaban J connectivity index is 1.51. The maximum Gasteiger partial charge on any atom is 0.270 e. The molecule has 0 aliphatic carbocycles. The average Bonchev–Trinajstić information content (AvgIpc) is 2.83. The van der Waals surface area contributed by atoms with Crippen molar-refractivity contribution in [3.8, 4) is 5.75 Å². The third kappa shape index (κ3) is 5.84. The average molecular weight is 599 g/mol. The molecule has 2 aromatic rings. The number of hydrogen-bond donors (Lipinski definition) is 1. The normalized spacial score (nSPS) is 17.6. The van der Waals surface area contributed by atoms with Crippen LogP contribution in [0.15, 0.2) is 46.4 Å². The van der Waals surface area contributed by atoms with Crippen LogP contribution in [0.25, 0.3) is 6.08 Å². The van der Waals surface area contributed by atoms with E-state index >= 15 is 0 Å². The molecular weight excluding hydrogens is 581 g/mol. The van der Waals surface area contributed by atoms with Gasteiger partial charge in [-0.2, -0.15) is 0 Å². The highest BCUT2D eigenvalue weighted by Crippen LogP contribution is 2.31. The standard InChI is InChI=1S/C23H18BrCl2N3O5S/c24-16-10-13(1-4-19(16)34-12-20(30)28-5-7-33-8-6-28)9-15-21(31)27-23(35)29(22(15)32)14-2-3-17(25)18(26)11-14/h1-4,9-11H,5-8,12H2,(H,27,31,35)/b15-9+. The third-order valence-corrected chi connectivity index (χ3v) is 6.89. The van der Waals surface area contributed by atoms with Gasteiger partial charge in [-0.05, 0) is 70.1 Å². The molecule has 2 saturated heterocycles. The molecule has 1 N–H and O–H groups in total. The molecule has 35 heavy (non-hydrogen) atoms. The lowest BCUT2D eigenvalue weighted by atomic mass is 10.1. The highest BCUT2D eigenvalue weighted by molar-refractivity contribution is 9.10. The van der Waals surface area contributed by atoms with E-state index in [1.54, 1.807) is 29.2 Å². The Kier molecular flexibility index (Phi) is 8.08. The predicted octanol–water partition coefficient (Wildman–Crippen LogP) is 3.82. The number of amides is 3. The van der Waals surface area contributed by atoms with Crippen LogP contribution in [0.3, 0.4) is 0 Å². The van der Waals surface area contributed by atoms with E-state index in [1.165, 1.54) is 23.1 Å². The number of rotatable bonds is 5. The molecule has 2 aliphatic heterocycles. The first-order chi connectivity index (χ1) is 16.7. The van der Waals surface area contributed by atoms with Gasteiger partial charge in [0.25, 0.3) is 17.7 Å². The zero-order chi connectivity index (χ0) is 25.1. The molecule has 0 unspecified atom stereocenters. The number of carbonyl (C=O) groups is 3. The molecule has 12 heteroatoms. The van der Waals surface area contributed by atoms with Crippen molar-refractivity contribution in [3.05, 3.63) is 62.1 Å². The van der Waals surface area contributed by atoms with Crippen molar-refractivity contribution in [2.75, 3.05) is 37.8 Å². The van der Waals surface area contributed by atoms with Gasteiger partial charge in [-0.15, -0.1) is 0 Å². The summed E-state index contributed by atoms with van der Waals surface area (Å²) in [7, 11) is 0. The first-order valence-corrected chi connectivity index (χ1v) is 12.3. The van der Waals surface area contributed by atoms with Crippen LogP contribution in [0.1, 0.15) is 5.56 Å². The minimum atomic E-state index is -0.621. The number of ether oxygens (including phenoxy) is 2. The zero-order valence-electron chi connectivity index (χ0n) is 18.1. The molecule has 0 spiro atoms. The molecule has 4 rings (SSSR count). The molecule has 0 saturated carbocycles. The summed E-state index contributed by atoms with van der Waals surface area (Å²) in [4.78, 5) is 40.9. The number of nitrogens with zero attached hydrogens (tertiary/aromatic N) is 2. The minimum absolute atomic E-state index is 0.0644. The Labute approximate surface area is 224 Å². The summed E-state index contributed by atoms with van der Waals surface area (Å²) in [5.41, 5.74) is 0.812. The van der Waals surface area contributed by atoms with Crippen molar-refractivity contribution in [2.24, 2.45) is 0 Å². The fraction of sp³-hybridized carbons (Fsp3) is 0.217. The largest absolute Gasteiger partial charge is 0.483 e. The van der Waals surface area contributed by atoms with Gasteiger partial charge in [0, 0.05) is 13.1 Å². The third-order valence-electron chi connectivity index (χ3n) is 5.24. The van der Waals surface area contributed by atoms with Crippen LogP contribution in [-0.4, -0.2) is 60.6 Å². The number of morpholine rings is 1. The number of anilines is 1. The van der Waals surface area contributed by atoms with Crippen LogP contribution >= 0.6 is 51.3 Å². The van der Waals surface area contributed by atoms with E-state index in [4.69, 9.17) is 44.9 Å². The second kappa shape index (κ2) is 11.0. The van der Waals surface area contributed by atoms with E-state index in [1.807, 2.05) is 0 Å². The molecule has 8 nitrogen and oxygen atoms in total. The van der Waals surface area contributed by atoms with Crippen LogP contribution in [-0.2, 0) is 19.1 Å². The Morgan fingerprint density at radius 3 is 2.57 bits per heavy atom. The lowest BCUT2D eigenvalue weighted by molar-refractivity contribution is -0.137. The number of thiocarbonyl (C=S) groups is 1. The van der Waals surface area contributed by atoms with Crippen molar-refractivity contribution in [1.29, 1.82) is 0 Å². The van der Waals surface area contributed by atoms with Gasteiger partial charge in [-0.1, -0.05) is 29.3 Å². The van der Waals surface area contributed by atoms with Crippen LogP contribution in [0.4, 0.5) is 5.69 Å². The molecular formula is C23H18BrCl2N3O5S. The molecule has 0 atom stereocenters. The summed E-state index contributed by atoms with van der Waals surface area (Å²) in [6.45, 7) is 1.98. The zero-order valence-corrected chi connectivity index (χ0v) is 22.0. The monoisotopic (exact) mass is 597 g/mol. The maximum atomic E-state index is 13.2. The fourth-order valence-electron chi connectivity index (χ4n) is 3.45. The Morgan fingerprint density at radius 1 is 1.14 bits per heavy atom. The molecule has 2 fully saturated rings. The Morgan fingerprint density at radius 2 is 1.89 bits per heavy atom. The second-order valence-corrected chi connectivity index (χ2v) is 9.58. The van der Waals surface area contributed by atoms with E-state index in [0.717, 1.165) is 0 Å². The fourth-order valence-corrected chi connectivity index (χ4v) is 4.53. The highest BCUT2D eigenvalue weighted by Gasteiger charge is 2.34. The number of benzene rings is 2. The van der Waals surface area contributed by atoms with Gasteiger partial charge in [0.1, 0.15) is 11.3 Å². The lowest BCUT2D eigenvalue weighted by Crippen LogP contribution is -2.54.